The number of nitrogens with zero attached hydrogens (tertiary/aromatic N) is 1. The Bertz CT molecular complexity index is 448. The third-order valence-electron chi connectivity index (χ3n) is 3.06. The molecule has 1 aliphatic heterocycles. The van der Waals surface area contributed by atoms with E-state index in [0.29, 0.717) is 24.8 Å². The molecule has 1 heterocycles. The molecule has 0 fully saturated rings. The predicted octanol–water partition coefficient (Wildman–Crippen LogP) is 3.65. The summed E-state index contributed by atoms with van der Waals surface area (Å²) in [7, 11) is 0. The minimum Gasteiger partial charge on any atom is -0.376 e. The number of hydrogen-bond donors (Lipinski definition) is 0. The van der Waals surface area contributed by atoms with Gasteiger partial charge in [0.05, 0.1) is 19.8 Å². The quantitative estimate of drug-likeness (QED) is 0.657. The molecule has 1 aromatic carbocycles. The molecule has 0 N–H and O–H groups in total. The summed E-state index contributed by atoms with van der Waals surface area (Å²) in [5, 5.41) is 0. The van der Waals surface area contributed by atoms with Gasteiger partial charge in [-0.05, 0) is 23.1 Å². The lowest BCUT2D eigenvalue weighted by molar-refractivity contribution is 0.0774. The third-order valence-corrected chi connectivity index (χ3v) is 3.06. The van der Waals surface area contributed by atoms with Gasteiger partial charge in [-0.1, -0.05) is 19.9 Å². The zero-order chi connectivity index (χ0) is 11.7. The lowest BCUT2D eigenvalue weighted by Gasteiger charge is -2.29. The molecule has 84 valence electrons. The van der Waals surface area contributed by atoms with Crippen molar-refractivity contribution < 1.29 is 9.13 Å². The largest absolute Gasteiger partial charge is 0.376 e. The van der Waals surface area contributed by atoms with Gasteiger partial charge in [-0.3, -0.25) is 0 Å². The van der Waals surface area contributed by atoms with Gasteiger partial charge in [0.2, 0.25) is 0 Å². The van der Waals surface area contributed by atoms with Crippen LogP contribution in [0.3, 0.4) is 0 Å². The molecule has 0 spiro atoms. The van der Waals surface area contributed by atoms with Crippen molar-refractivity contribution in [2.75, 3.05) is 6.61 Å². The molecule has 0 saturated carbocycles. The lowest BCUT2D eigenvalue weighted by Crippen LogP contribution is -2.22. The van der Waals surface area contributed by atoms with Crippen LogP contribution < -0.4 is 0 Å². The van der Waals surface area contributed by atoms with Crippen LogP contribution in [0.25, 0.3) is 4.85 Å². The van der Waals surface area contributed by atoms with Gasteiger partial charge in [0, 0.05) is 5.92 Å². The van der Waals surface area contributed by atoms with Crippen molar-refractivity contribution in [1.29, 1.82) is 0 Å². The molecule has 3 heteroatoms. The van der Waals surface area contributed by atoms with E-state index >= 15 is 0 Å². The van der Waals surface area contributed by atoms with E-state index in [-0.39, 0.29) is 11.7 Å². The molecule has 0 radical (unpaired) electrons. The van der Waals surface area contributed by atoms with E-state index in [1.807, 2.05) is 0 Å². The van der Waals surface area contributed by atoms with Crippen LogP contribution in [0.4, 0.5) is 10.1 Å². The molecule has 1 aromatic rings. The second kappa shape index (κ2) is 4.23. The Morgan fingerprint density at radius 2 is 2.25 bits per heavy atom. The van der Waals surface area contributed by atoms with Gasteiger partial charge in [-0.2, -0.15) is 0 Å². The summed E-state index contributed by atoms with van der Waals surface area (Å²) in [5.41, 5.74) is 1.92. The molecule has 2 rings (SSSR count). The molecule has 1 aliphatic rings. The summed E-state index contributed by atoms with van der Waals surface area (Å²) >= 11 is 0. The van der Waals surface area contributed by atoms with Gasteiger partial charge in [-0.15, -0.1) is 0 Å². The topological polar surface area (TPSA) is 13.6 Å². The van der Waals surface area contributed by atoms with Gasteiger partial charge in [0.25, 0.3) is 0 Å². The fraction of sp³-hybridized carbons (Fsp3) is 0.462. The average Bonchev–Trinajstić information content (AvgIpc) is 2.27. The predicted molar refractivity (Wildman–Crippen MR) is 59.9 cm³/mol. The van der Waals surface area contributed by atoms with E-state index in [0.717, 1.165) is 11.1 Å². The van der Waals surface area contributed by atoms with Crippen molar-refractivity contribution in [3.05, 3.63) is 40.5 Å². The van der Waals surface area contributed by atoms with Gasteiger partial charge in [0.15, 0.2) is 5.69 Å². The van der Waals surface area contributed by atoms with E-state index in [1.165, 1.54) is 6.07 Å². The van der Waals surface area contributed by atoms with Crippen LogP contribution in [0, 0.1) is 18.3 Å². The lowest BCUT2D eigenvalue weighted by atomic mass is 9.84. The van der Waals surface area contributed by atoms with Crippen LogP contribution in [0.2, 0.25) is 0 Å². The maximum Gasteiger partial charge on any atom is 0.190 e. The summed E-state index contributed by atoms with van der Waals surface area (Å²) in [6.45, 7) is 12.0. The van der Waals surface area contributed by atoms with Crippen LogP contribution in [-0.4, -0.2) is 6.61 Å². The number of rotatable bonds is 1. The molecule has 0 aliphatic carbocycles. The van der Waals surface area contributed by atoms with Gasteiger partial charge < -0.3 is 4.74 Å². The Morgan fingerprint density at radius 3 is 2.88 bits per heavy atom. The number of halogens is 1. The van der Waals surface area contributed by atoms with Crippen molar-refractivity contribution in [2.45, 2.75) is 26.4 Å². The molecule has 16 heavy (non-hydrogen) atoms. The first kappa shape index (κ1) is 11.1. The van der Waals surface area contributed by atoms with Crippen LogP contribution in [-0.2, 0) is 11.3 Å². The van der Waals surface area contributed by atoms with E-state index in [2.05, 4.69) is 18.7 Å². The maximum absolute atomic E-state index is 13.9. The summed E-state index contributed by atoms with van der Waals surface area (Å²) in [6, 6.07) is 3.06. The van der Waals surface area contributed by atoms with Crippen molar-refractivity contribution in [2.24, 2.45) is 5.92 Å². The highest BCUT2D eigenvalue weighted by atomic mass is 19.1. The van der Waals surface area contributed by atoms with Crippen molar-refractivity contribution in [1.82, 2.24) is 0 Å². The van der Waals surface area contributed by atoms with E-state index < -0.39 is 0 Å². The Labute approximate surface area is 94.9 Å². The van der Waals surface area contributed by atoms with Crippen LogP contribution >= 0.6 is 0 Å². The zero-order valence-electron chi connectivity index (χ0n) is 9.46. The van der Waals surface area contributed by atoms with Crippen molar-refractivity contribution in [3.63, 3.8) is 0 Å². The van der Waals surface area contributed by atoms with Crippen LogP contribution in [0.15, 0.2) is 12.1 Å². The van der Waals surface area contributed by atoms with Crippen molar-refractivity contribution >= 4 is 5.69 Å². The highest BCUT2D eigenvalue weighted by molar-refractivity contribution is 5.51. The van der Waals surface area contributed by atoms with E-state index in [9.17, 15) is 4.39 Å². The zero-order valence-corrected chi connectivity index (χ0v) is 9.46. The summed E-state index contributed by atoms with van der Waals surface area (Å²) in [4.78, 5) is 3.26. The first-order chi connectivity index (χ1) is 7.63. The van der Waals surface area contributed by atoms with Gasteiger partial charge in [-0.25, -0.2) is 9.24 Å². The SMILES string of the molecule is [C-]#[N+]c1cc(F)c2c(c1)COC[C@@H]2C(C)C. The summed E-state index contributed by atoms with van der Waals surface area (Å²) < 4.78 is 19.4. The summed E-state index contributed by atoms with van der Waals surface area (Å²) in [6.07, 6.45) is 0. The normalized spacial score (nSPS) is 19.3. The third kappa shape index (κ3) is 1.81. The van der Waals surface area contributed by atoms with E-state index in [4.69, 9.17) is 11.3 Å². The minimum atomic E-state index is -0.259. The Hall–Kier alpha value is -1.40. The molecule has 0 amide bonds. The average molecular weight is 219 g/mol. The fourth-order valence-electron chi connectivity index (χ4n) is 2.16. The van der Waals surface area contributed by atoms with Crippen molar-refractivity contribution in [3.8, 4) is 0 Å². The molecular formula is C13H14FNO. The number of fused-ring (bicyclic) bond motifs is 1. The minimum absolute atomic E-state index is 0.100. The molecule has 0 bridgehead atoms. The smallest absolute Gasteiger partial charge is 0.190 e. The number of ether oxygens (including phenoxy) is 1. The molecule has 2 nitrogen and oxygen atoms in total. The Balaban J connectivity index is 2.53. The van der Waals surface area contributed by atoms with Crippen LogP contribution in [0.5, 0.6) is 0 Å². The second-order valence-corrected chi connectivity index (χ2v) is 4.48. The highest BCUT2D eigenvalue weighted by Crippen LogP contribution is 2.36. The van der Waals surface area contributed by atoms with Gasteiger partial charge in [0.1, 0.15) is 5.82 Å². The first-order valence-corrected chi connectivity index (χ1v) is 5.41. The molecule has 0 unspecified atom stereocenters. The van der Waals surface area contributed by atoms with E-state index in [1.54, 1.807) is 6.07 Å². The van der Waals surface area contributed by atoms with Crippen LogP contribution in [0.1, 0.15) is 30.9 Å². The maximum atomic E-state index is 13.9. The fourth-order valence-corrected chi connectivity index (χ4v) is 2.16. The number of benzene rings is 1. The molecule has 0 aromatic heterocycles. The molecule has 1 atom stereocenters. The summed E-state index contributed by atoms with van der Waals surface area (Å²) in [5.74, 6) is 0.182. The monoisotopic (exact) mass is 219 g/mol. The number of hydrogen-bond acceptors (Lipinski definition) is 1. The molecule has 0 saturated heterocycles. The second-order valence-electron chi connectivity index (χ2n) is 4.48. The molecular weight excluding hydrogens is 205 g/mol. The standard InChI is InChI=1S/C13H14FNO/c1-8(2)11-7-16-6-9-4-10(15-3)5-12(14)13(9)11/h4-5,8,11H,6-7H2,1-2H3/t11-/m1/s1. The van der Waals surface area contributed by atoms with Gasteiger partial charge >= 0.3 is 0 Å². The Morgan fingerprint density at radius 1 is 1.50 bits per heavy atom. The Kier molecular flexibility index (Phi) is 2.93. The first-order valence-electron chi connectivity index (χ1n) is 5.41. The highest BCUT2D eigenvalue weighted by Gasteiger charge is 2.27.